The van der Waals surface area contributed by atoms with Crippen LogP contribution in [0.3, 0.4) is 0 Å². The van der Waals surface area contributed by atoms with Crippen LogP contribution in [0.5, 0.6) is 0 Å². The van der Waals surface area contributed by atoms with E-state index in [0.717, 1.165) is 5.56 Å². The number of nitrogens with one attached hydrogen (secondary N) is 1. The van der Waals surface area contributed by atoms with Crippen LogP contribution in [-0.4, -0.2) is 12.4 Å². The molecule has 1 aliphatic heterocycles. The van der Waals surface area contributed by atoms with Gasteiger partial charge in [-0.3, -0.25) is 4.99 Å². The number of rotatable bonds is 1. The first-order chi connectivity index (χ1) is 6.75. The molecule has 1 heterocycles. The standard InChI is InChI=1S/C10H8ClFN2/c11-8-5-13-10(14-6-8)7-2-1-3-9(12)4-7/h1-5H,6H2,(H,13,14). The van der Waals surface area contributed by atoms with Crippen molar-refractivity contribution >= 4 is 17.4 Å². The van der Waals surface area contributed by atoms with Crippen LogP contribution < -0.4 is 5.32 Å². The Morgan fingerprint density at radius 2 is 2.29 bits per heavy atom. The van der Waals surface area contributed by atoms with E-state index in [0.29, 0.717) is 17.4 Å². The molecule has 0 saturated heterocycles. The molecule has 0 aliphatic carbocycles. The number of aliphatic imine (C=N–C) groups is 1. The van der Waals surface area contributed by atoms with Crippen LogP contribution in [0.2, 0.25) is 0 Å². The van der Waals surface area contributed by atoms with Crippen LogP contribution in [0.15, 0.2) is 40.5 Å². The molecule has 2 nitrogen and oxygen atoms in total. The van der Waals surface area contributed by atoms with Crippen molar-refractivity contribution in [3.63, 3.8) is 0 Å². The predicted octanol–water partition coefficient (Wildman–Crippen LogP) is 2.26. The molecule has 14 heavy (non-hydrogen) atoms. The number of halogens is 2. The van der Waals surface area contributed by atoms with Gasteiger partial charge in [-0.05, 0) is 12.1 Å². The van der Waals surface area contributed by atoms with E-state index in [1.165, 1.54) is 12.1 Å². The average Bonchev–Trinajstić information content (AvgIpc) is 2.19. The SMILES string of the molecule is Fc1cccc(C2=NCC(Cl)=CN2)c1. The van der Waals surface area contributed by atoms with Crippen LogP contribution in [0.25, 0.3) is 0 Å². The largest absolute Gasteiger partial charge is 0.345 e. The Balaban J connectivity index is 2.25. The Hall–Kier alpha value is -1.35. The molecule has 0 bridgehead atoms. The molecule has 2 rings (SSSR count). The topological polar surface area (TPSA) is 24.4 Å². The predicted molar refractivity (Wildman–Crippen MR) is 54.9 cm³/mol. The average molecular weight is 211 g/mol. The number of amidine groups is 1. The van der Waals surface area contributed by atoms with E-state index in [1.807, 2.05) is 0 Å². The third-order valence-electron chi connectivity index (χ3n) is 1.85. The summed E-state index contributed by atoms with van der Waals surface area (Å²) in [6, 6.07) is 6.27. The summed E-state index contributed by atoms with van der Waals surface area (Å²) in [4.78, 5) is 4.16. The van der Waals surface area contributed by atoms with E-state index >= 15 is 0 Å². The molecule has 1 N–H and O–H groups in total. The van der Waals surface area contributed by atoms with Crippen molar-refractivity contribution in [2.75, 3.05) is 6.54 Å². The van der Waals surface area contributed by atoms with Crippen LogP contribution >= 0.6 is 11.6 Å². The highest BCUT2D eigenvalue weighted by atomic mass is 35.5. The number of benzene rings is 1. The van der Waals surface area contributed by atoms with Gasteiger partial charge in [0, 0.05) is 11.8 Å². The van der Waals surface area contributed by atoms with Crippen molar-refractivity contribution in [1.29, 1.82) is 0 Å². The number of hydrogen-bond donors (Lipinski definition) is 1. The van der Waals surface area contributed by atoms with E-state index < -0.39 is 0 Å². The molecule has 0 spiro atoms. The van der Waals surface area contributed by atoms with Crippen molar-refractivity contribution in [2.24, 2.45) is 4.99 Å². The third-order valence-corrected chi connectivity index (χ3v) is 2.08. The van der Waals surface area contributed by atoms with Gasteiger partial charge in [0.15, 0.2) is 0 Å². The molecular formula is C10H8ClFN2. The molecular weight excluding hydrogens is 203 g/mol. The van der Waals surface area contributed by atoms with Gasteiger partial charge in [0.05, 0.1) is 11.6 Å². The quantitative estimate of drug-likeness (QED) is 0.756. The Labute approximate surface area is 86.1 Å². The summed E-state index contributed by atoms with van der Waals surface area (Å²) >= 11 is 5.72. The molecule has 1 aromatic rings. The molecule has 0 saturated carbocycles. The Morgan fingerprint density at radius 1 is 1.43 bits per heavy atom. The molecule has 4 heteroatoms. The minimum Gasteiger partial charge on any atom is -0.345 e. The van der Waals surface area contributed by atoms with Gasteiger partial charge in [-0.2, -0.15) is 0 Å². The van der Waals surface area contributed by atoms with Crippen molar-refractivity contribution < 1.29 is 4.39 Å². The van der Waals surface area contributed by atoms with E-state index in [9.17, 15) is 4.39 Å². The van der Waals surface area contributed by atoms with Crippen molar-refractivity contribution in [1.82, 2.24) is 5.32 Å². The molecule has 72 valence electrons. The third kappa shape index (κ3) is 1.93. The lowest BCUT2D eigenvalue weighted by atomic mass is 10.2. The summed E-state index contributed by atoms with van der Waals surface area (Å²) in [6.45, 7) is 0.445. The van der Waals surface area contributed by atoms with Gasteiger partial charge >= 0.3 is 0 Å². The maximum Gasteiger partial charge on any atom is 0.132 e. The first kappa shape index (κ1) is 9.21. The zero-order chi connectivity index (χ0) is 9.97. The Kier molecular flexibility index (Phi) is 2.50. The minimum absolute atomic E-state index is 0.271. The summed E-state index contributed by atoms with van der Waals surface area (Å²) < 4.78 is 12.9. The van der Waals surface area contributed by atoms with Gasteiger partial charge in [0.1, 0.15) is 11.7 Å². The first-order valence-corrected chi connectivity index (χ1v) is 4.55. The van der Waals surface area contributed by atoms with Gasteiger partial charge in [0.25, 0.3) is 0 Å². The summed E-state index contributed by atoms with van der Waals surface area (Å²) in [5.74, 6) is 0.376. The maximum absolute atomic E-state index is 12.9. The fraction of sp³-hybridized carbons (Fsp3) is 0.100. The van der Waals surface area contributed by atoms with Gasteiger partial charge in [-0.15, -0.1) is 0 Å². The zero-order valence-corrected chi connectivity index (χ0v) is 8.05. The summed E-state index contributed by atoms with van der Waals surface area (Å²) in [7, 11) is 0. The molecule has 0 atom stereocenters. The fourth-order valence-electron chi connectivity index (χ4n) is 1.20. The normalized spacial score (nSPS) is 15.6. The summed E-state index contributed by atoms with van der Waals surface area (Å²) in [6.07, 6.45) is 1.66. The maximum atomic E-state index is 12.9. The van der Waals surface area contributed by atoms with Crippen LogP contribution in [0.4, 0.5) is 4.39 Å². The molecule has 1 aromatic carbocycles. The van der Waals surface area contributed by atoms with Crippen molar-refractivity contribution in [2.45, 2.75) is 0 Å². The van der Waals surface area contributed by atoms with Crippen LogP contribution in [0.1, 0.15) is 5.56 Å². The number of nitrogens with zero attached hydrogens (tertiary/aromatic N) is 1. The molecule has 1 aliphatic rings. The number of hydrogen-bond acceptors (Lipinski definition) is 2. The highest BCUT2D eigenvalue weighted by Crippen LogP contribution is 2.09. The van der Waals surface area contributed by atoms with Crippen molar-refractivity contribution in [3.8, 4) is 0 Å². The highest BCUT2D eigenvalue weighted by molar-refractivity contribution is 6.30. The van der Waals surface area contributed by atoms with Crippen molar-refractivity contribution in [3.05, 3.63) is 46.9 Å². The molecule has 0 aromatic heterocycles. The van der Waals surface area contributed by atoms with E-state index in [2.05, 4.69) is 10.3 Å². The Morgan fingerprint density at radius 3 is 2.93 bits per heavy atom. The highest BCUT2D eigenvalue weighted by Gasteiger charge is 2.07. The van der Waals surface area contributed by atoms with Gasteiger partial charge in [0.2, 0.25) is 0 Å². The summed E-state index contributed by atoms with van der Waals surface area (Å²) in [5, 5.41) is 3.55. The van der Waals surface area contributed by atoms with E-state index in [-0.39, 0.29) is 5.82 Å². The van der Waals surface area contributed by atoms with Gasteiger partial charge in [-0.1, -0.05) is 23.7 Å². The zero-order valence-electron chi connectivity index (χ0n) is 7.30. The second-order valence-electron chi connectivity index (χ2n) is 2.91. The smallest absolute Gasteiger partial charge is 0.132 e. The first-order valence-electron chi connectivity index (χ1n) is 4.17. The lowest BCUT2D eigenvalue weighted by molar-refractivity contribution is 0.627. The van der Waals surface area contributed by atoms with Gasteiger partial charge < -0.3 is 5.32 Å². The molecule has 0 amide bonds. The second kappa shape index (κ2) is 3.80. The van der Waals surface area contributed by atoms with E-state index in [1.54, 1.807) is 18.3 Å². The molecule has 0 fully saturated rings. The van der Waals surface area contributed by atoms with Crippen LogP contribution in [0, 0.1) is 5.82 Å². The minimum atomic E-state index is -0.271. The lowest BCUT2D eigenvalue weighted by Gasteiger charge is -2.11. The van der Waals surface area contributed by atoms with Crippen LogP contribution in [-0.2, 0) is 0 Å². The lowest BCUT2D eigenvalue weighted by Crippen LogP contribution is -2.23. The second-order valence-corrected chi connectivity index (χ2v) is 3.40. The molecule has 0 radical (unpaired) electrons. The Bertz CT molecular complexity index is 412. The van der Waals surface area contributed by atoms with E-state index in [4.69, 9.17) is 11.6 Å². The van der Waals surface area contributed by atoms with Gasteiger partial charge in [-0.25, -0.2) is 4.39 Å². The summed E-state index contributed by atoms with van der Waals surface area (Å²) in [5.41, 5.74) is 0.727. The monoisotopic (exact) mass is 210 g/mol. The fourth-order valence-corrected chi connectivity index (χ4v) is 1.32. The molecule has 0 unspecified atom stereocenters.